The second-order valence-corrected chi connectivity index (χ2v) is 4.29. The van der Waals surface area contributed by atoms with Gasteiger partial charge in [-0.05, 0) is 43.2 Å². The number of anilines is 1. The van der Waals surface area contributed by atoms with Gasteiger partial charge in [0.2, 0.25) is 0 Å². The van der Waals surface area contributed by atoms with E-state index in [0.29, 0.717) is 12.4 Å². The second-order valence-electron chi connectivity index (χ2n) is 4.29. The molecule has 4 heteroatoms. The van der Waals surface area contributed by atoms with Gasteiger partial charge in [0, 0.05) is 22.8 Å². The van der Waals surface area contributed by atoms with Gasteiger partial charge in [-0.3, -0.25) is 4.79 Å². The monoisotopic (exact) mass is 242 g/mol. The summed E-state index contributed by atoms with van der Waals surface area (Å²) in [6, 6.07) is 7.73. The molecule has 0 saturated heterocycles. The lowest BCUT2D eigenvalue weighted by Gasteiger charge is -2.14. The number of hydrogen-bond acceptors (Lipinski definition) is 2. The summed E-state index contributed by atoms with van der Waals surface area (Å²) in [6.07, 6.45) is 5.60. The number of aromatic amines is 1. The van der Waals surface area contributed by atoms with E-state index in [2.05, 4.69) is 10.3 Å². The fraction of sp³-hybridized carbons (Fsp3) is 0.214. The van der Waals surface area contributed by atoms with E-state index in [1.165, 1.54) is 0 Å². The summed E-state index contributed by atoms with van der Waals surface area (Å²) in [5, 5.41) is 3.92. The molecule has 0 bridgehead atoms. The molecule has 2 heterocycles. The number of carbonyl (C=O) groups excluding carboxylic acids is 1. The van der Waals surface area contributed by atoms with Crippen LogP contribution < -0.4 is 5.32 Å². The number of allylic oxidation sites excluding steroid dienone is 1. The Labute approximate surface area is 105 Å². The molecule has 1 aliphatic rings. The van der Waals surface area contributed by atoms with Crippen LogP contribution in [0.5, 0.6) is 0 Å². The molecule has 1 aromatic heterocycles. The van der Waals surface area contributed by atoms with Gasteiger partial charge in [0.05, 0.1) is 6.61 Å². The zero-order valence-corrected chi connectivity index (χ0v) is 9.90. The van der Waals surface area contributed by atoms with Crippen molar-refractivity contribution in [3.63, 3.8) is 0 Å². The lowest BCUT2D eigenvalue weighted by atomic mass is 10.2. The molecule has 0 atom stereocenters. The molecule has 2 N–H and O–H groups in total. The minimum Gasteiger partial charge on any atom is -0.488 e. The number of nitrogens with one attached hydrogen (secondary N) is 2. The van der Waals surface area contributed by atoms with Crippen molar-refractivity contribution < 1.29 is 9.53 Å². The van der Waals surface area contributed by atoms with Crippen molar-refractivity contribution in [3.05, 3.63) is 42.3 Å². The summed E-state index contributed by atoms with van der Waals surface area (Å²) < 4.78 is 5.33. The first-order chi connectivity index (χ1) is 8.83. The first-order valence-electron chi connectivity index (χ1n) is 6.04. The van der Waals surface area contributed by atoms with Gasteiger partial charge in [-0.2, -0.15) is 0 Å². The van der Waals surface area contributed by atoms with Gasteiger partial charge < -0.3 is 15.0 Å². The maximum Gasteiger partial charge on any atom is 0.290 e. The fourth-order valence-corrected chi connectivity index (χ4v) is 2.04. The van der Waals surface area contributed by atoms with Crippen LogP contribution in [-0.2, 0) is 9.53 Å². The molecule has 1 amide bonds. The van der Waals surface area contributed by atoms with Crippen molar-refractivity contribution >= 4 is 22.5 Å². The topological polar surface area (TPSA) is 54.1 Å². The van der Waals surface area contributed by atoms with E-state index < -0.39 is 0 Å². The molecule has 0 radical (unpaired) electrons. The quantitative estimate of drug-likeness (QED) is 0.850. The van der Waals surface area contributed by atoms with E-state index in [-0.39, 0.29) is 5.91 Å². The van der Waals surface area contributed by atoms with Crippen LogP contribution in [0, 0.1) is 0 Å². The molecule has 2 aromatic rings. The van der Waals surface area contributed by atoms with Gasteiger partial charge in [0.15, 0.2) is 5.76 Å². The van der Waals surface area contributed by atoms with Crippen LogP contribution in [0.25, 0.3) is 10.9 Å². The average Bonchev–Trinajstić information content (AvgIpc) is 2.87. The maximum absolute atomic E-state index is 11.9. The zero-order valence-electron chi connectivity index (χ0n) is 9.90. The summed E-state index contributed by atoms with van der Waals surface area (Å²) in [5.41, 5.74) is 1.84. The number of carbonyl (C=O) groups is 1. The molecule has 0 saturated carbocycles. The van der Waals surface area contributed by atoms with Crippen LogP contribution in [0.1, 0.15) is 12.8 Å². The molecule has 4 nitrogen and oxygen atoms in total. The summed E-state index contributed by atoms with van der Waals surface area (Å²) >= 11 is 0. The fourth-order valence-electron chi connectivity index (χ4n) is 2.04. The number of ether oxygens (including phenoxy) is 1. The van der Waals surface area contributed by atoms with Crippen molar-refractivity contribution in [3.8, 4) is 0 Å². The highest BCUT2D eigenvalue weighted by atomic mass is 16.5. The Morgan fingerprint density at radius 1 is 1.33 bits per heavy atom. The van der Waals surface area contributed by atoms with Crippen LogP contribution in [0.4, 0.5) is 5.69 Å². The summed E-state index contributed by atoms with van der Waals surface area (Å²) in [6.45, 7) is 0.621. The standard InChI is InChI=1S/C14H14N2O2/c17-14(13-3-1-2-8-18-13)16-11-4-5-12-10(9-11)6-7-15-12/h3-7,9,15H,1-2,8H2,(H,16,17). The number of fused-ring (bicyclic) bond motifs is 1. The highest BCUT2D eigenvalue weighted by molar-refractivity contribution is 6.03. The molecule has 0 fully saturated rings. The minimum atomic E-state index is -0.176. The van der Waals surface area contributed by atoms with Crippen LogP contribution in [0.15, 0.2) is 42.3 Å². The first-order valence-corrected chi connectivity index (χ1v) is 6.04. The molecular formula is C14H14N2O2. The lowest BCUT2D eigenvalue weighted by Crippen LogP contribution is -2.18. The third-order valence-corrected chi connectivity index (χ3v) is 2.97. The van der Waals surface area contributed by atoms with E-state index in [9.17, 15) is 4.79 Å². The third kappa shape index (κ3) is 2.09. The smallest absolute Gasteiger partial charge is 0.290 e. The Kier molecular flexibility index (Phi) is 2.76. The molecule has 0 unspecified atom stereocenters. The molecule has 1 aromatic carbocycles. The average molecular weight is 242 g/mol. The Morgan fingerprint density at radius 3 is 3.11 bits per heavy atom. The second kappa shape index (κ2) is 4.56. The number of benzene rings is 1. The Morgan fingerprint density at radius 2 is 2.28 bits per heavy atom. The van der Waals surface area contributed by atoms with Gasteiger partial charge in [-0.15, -0.1) is 0 Å². The van der Waals surface area contributed by atoms with Crippen molar-refractivity contribution in [2.24, 2.45) is 0 Å². The molecular weight excluding hydrogens is 228 g/mol. The van der Waals surface area contributed by atoms with Crippen molar-refractivity contribution in [1.82, 2.24) is 4.98 Å². The van der Waals surface area contributed by atoms with Gasteiger partial charge in [0.25, 0.3) is 5.91 Å². The largest absolute Gasteiger partial charge is 0.488 e. The van der Waals surface area contributed by atoms with Crippen LogP contribution in [0.2, 0.25) is 0 Å². The summed E-state index contributed by atoms with van der Waals surface area (Å²) in [5.74, 6) is 0.250. The molecule has 0 aliphatic carbocycles. The molecule has 92 valence electrons. The van der Waals surface area contributed by atoms with Crippen molar-refractivity contribution in [2.45, 2.75) is 12.8 Å². The Hall–Kier alpha value is -2.23. The number of rotatable bonds is 2. The number of amides is 1. The Balaban J connectivity index is 1.78. The van der Waals surface area contributed by atoms with Crippen LogP contribution >= 0.6 is 0 Å². The van der Waals surface area contributed by atoms with E-state index in [4.69, 9.17) is 4.74 Å². The minimum absolute atomic E-state index is 0.176. The molecule has 0 spiro atoms. The first kappa shape index (κ1) is 10.9. The van der Waals surface area contributed by atoms with Crippen LogP contribution in [-0.4, -0.2) is 17.5 Å². The predicted octanol–water partition coefficient (Wildman–Crippen LogP) is 2.80. The maximum atomic E-state index is 11.9. The van der Waals surface area contributed by atoms with Gasteiger partial charge in [0.1, 0.15) is 0 Å². The van der Waals surface area contributed by atoms with Gasteiger partial charge in [-0.25, -0.2) is 0 Å². The van der Waals surface area contributed by atoms with E-state index in [1.54, 1.807) is 0 Å². The summed E-state index contributed by atoms with van der Waals surface area (Å²) in [4.78, 5) is 15.0. The van der Waals surface area contributed by atoms with E-state index in [1.807, 2.05) is 36.5 Å². The number of aromatic nitrogens is 1. The molecule has 1 aliphatic heterocycles. The number of H-pyrrole nitrogens is 1. The predicted molar refractivity (Wildman–Crippen MR) is 70.2 cm³/mol. The molecule has 3 rings (SSSR count). The Bertz CT molecular complexity index is 613. The van der Waals surface area contributed by atoms with E-state index >= 15 is 0 Å². The highest BCUT2D eigenvalue weighted by Gasteiger charge is 2.13. The lowest BCUT2D eigenvalue weighted by molar-refractivity contribution is -0.116. The summed E-state index contributed by atoms with van der Waals surface area (Å²) in [7, 11) is 0. The normalized spacial score (nSPS) is 15.0. The van der Waals surface area contributed by atoms with Crippen molar-refractivity contribution in [1.29, 1.82) is 0 Å². The molecule has 18 heavy (non-hydrogen) atoms. The van der Waals surface area contributed by atoms with Gasteiger partial charge in [-0.1, -0.05) is 0 Å². The van der Waals surface area contributed by atoms with Gasteiger partial charge >= 0.3 is 0 Å². The van der Waals surface area contributed by atoms with Crippen LogP contribution in [0.3, 0.4) is 0 Å². The number of hydrogen-bond donors (Lipinski definition) is 2. The third-order valence-electron chi connectivity index (χ3n) is 2.97. The van der Waals surface area contributed by atoms with E-state index in [0.717, 1.165) is 29.4 Å². The van der Waals surface area contributed by atoms with Crippen molar-refractivity contribution in [2.75, 3.05) is 11.9 Å². The highest BCUT2D eigenvalue weighted by Crippen LogP contribution is 2.19. The SMILES string of the molecule is O=C(Nc1ccc2[nH]ccc2c1)C1=CCCCO1. The zero-order chi connectivity index (χ0) is 12.4.